The first kappa shape index (κ1) is 41.5. The van der Waals surface area contributed by atoms with Gasteiger partial charge in [0.1, 0.15) is 0 Å². The molecule has 1 aromatic heterocycles. The van der Waals surface area contributed by atoms with Crippen LogP contribution in [0.3, 0.4) is 0 Å². The standard InChI is InChI=1S/C68H48N2/c1-67(2)58-27-12-14-29-60(58)68(61-30-15-13-28-59(61)67)57-41-40-54(49-38-34-47(35-39-49)46-32-36-48(37-33-46)53-25-16-24-52(42-53)45-18-6-3-7-19-45)43-56(57)65-55(26-17-31-62(65)68)64-44-63(50-20-8-4-9-21-50)69-66(70-64)51-22-10-5-11-23-51/h3-44H,1-2H3. The summed E-state index contributed by atoms with van der Waals surface area (Å²) in [5.74, 6) is 0.707. The molecule has 0 radical (unpaired) electrons. The molecule has 11 aromatic rings. The van der Waals surface area contributed by atoms with Crippen LogP contribution in [0.15, 0.2) is 255 Å². The average molecular weight is 893 g/mol. The molecule has 10 aromatic carbocycles. The Labute approximate surface area is 410 Å². The number of benzene rings is 10. The van der Waals surface area contributed by atoms with Gasteiger partial charge in [0.05, 0.1) is 16.8 Å². The maximum atomic E-state index is 5.44. The summed E-state index contributed by atoms with van der Waals surface area (Å²) in [5, 5.41) is 0. The van der Waals surface area contributed by atoms with Crippen LogP contribution < -0.4 is 0 Å². The minimum atomic E-state index is -0.557. The van der Waals surface area contributed by atoms with Gasteiger partial charge in [-0.05, 0) is 107 Å². The molecule has 0 fully saturated rings. The van der Waals surface area contributed by atoms with Crippen LogP contribution in [-0.2, 0) is 10.8 Å². The van der Waals surface area contributed by atoms with Crippen molar-refractivity contribution in [1.82, 2.24) is 9.97 Å². The summed E-state index contributed by atoms with van der Waals surface area (Å²) >= 11 is 0. The first-order valence-corrected chi connectivity index (χ1v) is 24.3. The molecule has 0 saturated carbocycles. The molecule has 13 rings (SSSR count). The minimum Gasteiger partial charge on any atom is -0.228 e. The SMILES string of the molecule is CC1(C)c2ccccc2C2(c3ccc(-c4ccc(-c5ccc(-c6cccc(-c7ccccc7)c6)cc5)cc4)cc3-c3c(-c4cc(-c5ccccc5)nc(-c5ccccc5)n4)cccc32)c2ccccc21. The smallest absolute Gasteiger partial charge is 0.160 e. The normalized spacial score (nSPS) is 13.5. The first-order valence-electron chi connectivity index (χ1n) is 24.3. The van der Waals surface area contributed by atoms with Gasteiger partial charge in [0.15, 0.2) is 5.82 Å². The van der Waals surface area contributed by atoms with Crippen molar-refractivity contribution < 1.29 is 0 Å². The molecule has 0 unspecified atom stereocenters. The molecule has 2 aliphatic carbocycles. The zero-order valence-corrected chi connectivity index (χ0v) is 39.1. The van der Waals surface area contributed by atoms with E-state index in [1.54, 1.807) is 0 Å². The fourth-order valence-corrected chi connectivity index (χ4v) is 11.6. The summed E-state index contributed by atoms with van der Waals surface area (Å²) in [5.41, 5.74) is 24.1. The van der Waals surface area contributed by atoms with Crippen molar-refractivity contribution in [2.45, 2.75) is 24.7 Å². The van der Waals surface area contributed by atoms with Gasteiger partial charge in [0, 0.05) is 22.1 Å². The molecular weight excluding hydrogens is 845 g/mol. The number of fused-ring (bicyclic) bond motifs is 9. The van der Waals surface area contributed by atoms with E-state index in [1.165, 1.54) is 89.0 Å². The van der Waals surface area contributed by atoms with E-state index in [-0.39, 0.29) is 5.41 Å². The lowest BCUT2D eigenvalue weighted by Gasteiger charge is -2.46. The van der Waals surface area contributed by atoms with Crippen molar-refractivity contribution in [2.24, 2.45) is 0 Å². The van der Waals surface area contributed by atoms with Crippen molar-refractivity contribution in [3.05, 3.63) is 288 Å². The molecule has 0 bridgehead atoms. The van der Waals surface area contributed by atoms with Crippen molar-refractivity contribution in [3.63, 3.8) is 0 Å². The summed E-state index contributed by atoms with van der Waals surface area (Å²) < 4.78 is 0. The predicted octanol–water partition coefficient (Wildman–Crippen LogP) is 17.1. The molecule has 1 heterocycles. The van der Waals surface area contributed by atoms with Gasteiger partial charge in [-0.25, -0.2) is 9.97 Å². The molecule has 2 aliphatic rings. The first-order chi connectivity index (χ1) is 34.4. The number of aromatic nitrogens is 2. The van der Waals surface area contributed by atoms with Crippen molar-refractivity contribution in [2.75, 3.05) is 0 Å². The molecule has 2 heteroatoms. The zero-order chi connectivity index (χ0) is 46.8. The second-order valence-electron chi connectivity index (χ2n) is 19.3. The Morgan fingerprint density at radius 1 is 0.257 bits per heavy atom. The van der Waals surface area contributed by atoms with E-state index in [0.29, 0.717) is 5.82 Å². The third-order valence-corrected chi connectivity index (χ3v) is 15.0. The summed E-state index contributed by atoms with van der Waals surface area (Å²) in [6, 6.07) is 92.9. The molecular formula is C68H48N2. The summed E-state index contributed by atoms with van der Waals surface area (Å²) in [6.07, 6.45) is 0. The van der Waals surface area contributed by atoms with E-state index in [0.717, 1.165) is 28.1 Å². The molecule has 0 N–H and O–H groups in total. The predicted molar refractivity (Wildman–Crippen MR) is 290 cm³/mol. The minimum absolute atomic E-state index is 0.198. The quantitative estimate of drug-likeness (QED) is 0.159. The van der Waals surface area contributed by atoms with Crippen LogP contribution in [-0.4, -0.2) is 9.97 Å². The van der Waals surface area contributed by atoms with E-state index in [9.17, 15) is 0 Å². The Balaban J connectivity index is 0.964. The average Bonchev–Trinajstić information content (AvgIpc) is 3.74. The monoisotopic (exact) mass is 892 g/mol. The topological polar surface area (TPSA) is 25.8 Å². The lowest BCUT2D eigenvalue weighted by Crippen LogP contribution is -2.40. The summed E-state index contributed by atoms with van der Waals surface area (Å²) in [4.78, 5) is 10.6. The Hall–Kier alpha value is -8.72. The molecule has 70 heavy (non-hydrogen) atoms. The molecule has 2 nitrogen and oxygen atoms in total. The highest BCUT2D eigenvalue weighted by molar-refractivity contribution is 5.98. The van der Waals surface area contributed by atoms with Crippen LogP contribution in [0.5, 0.6) is 0 Å². The van der Waals surface area contributed by atoms with Gasteiger partial charge in [-0.15, -0.1) is 0 Å². The summed E-state index contributed by atoms with van der Waals surface area (Å²) in [6.45, 7) is 4.77. The van der Waals surface area contributed by atoms with Crippen molar-refractivity contribution >= 4 is 0 Å². The largest absolute Gasteiger partial charge is 0.228 e. The van der Waals surface area contributed by atoms with E-state index >= 15 is 0 Å². The number of hydrogen-bond acceptors (Lipinski definition) is 2. The lowest BCUT2D eigenvalue weighted by molar-refractivity contribution is 0.563. The number of nitrogens with zero attached hydrogens (tertiary/aromatic N) is 2. The molecule has 0 saturated heterocycles. The molecule has 330 valence electrons. The Kier molecular flexibility index (Phi) is 9.78. The van der Waals surface area contributed by atoms with E-state index in [2.05, 4.69) is 263 Å². The molecule has 0 amide bonds. The Morgan fingerprint density at radius 2 is 0.657 bits per heavy atom. The van der Waals surface area contributed by atoms with Crippen LogP contribution >= 0.6 is 0 Å². The van der Waals surface area contributed by atoms with E-state index in [4.69, 9.17) is 9.97 Å². The van der Waals surface area contributed by atoms with Crippen LogP contribution in [0.1, 0.15) is 47.2 Å². The van der Waals surface area contributed by atoms with E-state index in [1.807, 2.05) is 6.07 Å². The molecule has 0 aliphatic heterocycles. The van der Waals surface area contributed by atoms with E-state index < -0.39 is 5.41 Å². The second-order valence-corrected chi connectivity index (χ2v) is 19.3. The van der Waals surface area contributed by atoms with Gasteiger partial charge in [-0.3, -0.25) is 0 Å². The maximum Gasteiger partial charge on any atom is 0.160 e. The fourth-order valence-electron chi connectivity index (χ4n) is 11.6. The summed E-state index contributed by atoms with van der Waals surface area (Å²) in [7, 11) is 0. The third-order valence-electron chi connectivity index (χ3n) is 15.0. The van der Waals surface area contributed by atoms with Crippen LogP contribution in [0.25, 0.3) is 89.5 Å². The number of hydrogen-bond donors (Lipinski definition) is 0. The molecule has 0 atom stereocenters. The molecule has 1 spiro atoms. The van der Waals surface area contributed by atoms with Crippen LogP contribution in [0.4, 0.5) is 0 Å². The van der Waals surface area contributed by atoms with Gasteiger partial charge in [-0.1, -0.05) is 250 Å². The van der Waals surface area contributed by atoms with Crippen molar-refractivity contribution in [1.29, 1.82) is 0 Å². The lowest BCUT2D eigenvalue weighted by atomic mass is 9.55. The van der Waals surface area contributed by atoms with Gasteiger partial charge < -0.3 is 0 Å². The van der Waals surface area contributed by atoms with Gasteiger partial charge in [0.2, 0.25) is 0 Å². The fraction of sp³-hybridized carbons (Fsp3) is 0.0588. The van der Waals surface area contributed by atoms with Crippen LogP contribution in [0.2, 0.25) is 0 Å². The Morgan fingerprint density at radius 3 is 1.23 bits per heavy atom. The van der Waals surface area contributed by atoms with Crippen LogP contribution in [0, 0.1) is 0 Å². The third kappa shape index (κ3) is 6.63. The zero-order valence-electron chi connectivity index (χ0n) is 39.1. The maximum absolute atomic E-state index is 5.44. The second kappa shape index (κ2) is 16.5. The van der Waals surface area contributed by atoms with Gasteiger partial charge >= 0.3 is 0 Å². The van der Waals surface area contributed by atoms with Gasteiger partial charge in [-0.2, -0.15) is 0 Å². The number of rotatable bonds is 7. The Bertz CT molecular complexity index is 3650. The highest BCUT2D eigenvalue weighted by atomic mass is 14.9. The van der Waals surface area contributed by atoms with Gasteiger partial charge in [0.25, 0.3) is 0 Å². The van der Waals surface area contributed by atoms with Crippen molar-refractivity contribution in [3.8, 4) is 89.5 Å². The highest BCUT2D eigenvalue weighted by Crippen LogP contribution is 2.63. The highest BCUT2D eigenvalue weighted by Gasteiger charge is 2.53.